The van der Waals surface area contributed by atoms with E-state index >= 15 is 0 Å². The average molecular weight is 312 g/mol. The maximum Gasteiger partial charge on any atom is 0.417 e. The Morgan fingerprint density at radius 1 is 1.41 bits per heavy atom. The highest BCUT2D eigenvalue weighted by Crippen LogP contribution is 2.41. The Morgan fingerprint density at radius 3 is 2.29 bits per heavy atom. The van der Waals surface area contributed by atoms with Crippen molar-refractivity contribution in [2.24, 2.45) is 0 Å². The first-order chi connectivity index (χ1) is 7.66. The topological polar surface area (TPSA) is 60.2 Å². The number of carbonyl (C=O) groups excluding carboxylic acids is 1. The van der Waals surface area contributed by atoms with Crippen LogP contribution in [0.2, 0.25) is 0 Å². The number of nitrogens with zero attached hydrogens (tertiary/aromatic N) is 1. The molecule has 0 fully saturated rings. The average Bonchev–Trinajstić information content (AvgIpc) is 2.13. The van der Waals surface area contributed by atoms with Crippen molar-refractivity contribution in [2.75, 3.05) is 0 Å². The van der Waals surface area contributed by atoms with Crippen molar-refractivity contribution in [3.63, 3.8) is 0 Å². The first-order valence-corrected chi connectivity index (χ1v) is 5.00. The molecule has 0 amide bonds. The summed E-state index contributed by atoms with van der Waals surface area (Å²) in [7, 11) is 0. The van der Waals surface area contributed by atoms with Gasteiger partial charge in [0.05, 0.1) is 16.1 Å². The summed E-state index contributed by atoms with van der Waals surface area (Å²) in [4.78, 5) is 20.7. The minimum Gasteiger partial charge on any atom is -0.294 e. The fourth-order valence-corrected chi connectivity index (χ4v) is 1.96. The molecular formula is C9H5BrF3NO3. The fourth-order valence-electron chi connectivity index (χ4n) is 1.25. The van der Waals surface area contributed by atoms with Crippen LogP contribution in [0.4, 0.5) is 18.9 Å². The zero-order chi connectivity index (χ0) is 13.4. The van der Waals surface area contributed by atoms with Crippen LogP contribution in [-0.2, 0) is 6.18 Å². The minimum absolute atomic E-state index is 0.366. The van der Waals surface area contributed by atoms with Gasteiger partial charge in [-0.1, -0.05) is 0 Å². The van der Waals surface area contributed by atoms with Gasteiger partial charge in [0, 0.05) is 0 Å². The van der Waals surface area contributed by atoms with E-state index in [1.54, 1.807) is 0 Å². The van der Waals surface area contributed by atoms with Crippen molar-refractivity contribution in [1.29, 1.82) is 0 Å². The van der Waals surface area contributed by atoms with Gasteiger partial charge in [0.1, 0.15) is 4.47 Å². The molecule has 0 aliphatic heterocycles. The maximum absolute atomic E-state index is 12.5. The number of hydrogen-bond donors (Lipinski definition) is 0. The third-order valence-electron chi connectivity index (χ3n) is 1.98. The second-order valence-electron chi connectivity index (χ2n) is 3.13. The van der Waals surface area contributed by atoms with Gasteiger partial charge in [-0.2, -0.15) is 13.2 Å². The van der Waals surface area contributed by atoms with Crippen LogP contribution in [0.3, 0.4) is 0 Å². The highest BCUT2D eigenvalue weighted by Gasteiger charge is 2.37. The largest absolute Gasteiger partial charge is 0.417 e. The molecule has 0 heterocycles. The highest BCUT2D eigenvalue weighted by atomic mass is 79.9. The summed E-state index contributed by atoms with van der Waals surface area (Å²) in [5, 5.41) is 10.7. The second kappa shape index (κ2) is 4.44. The summed E-state index contributed by atoms with van der Waals surface area (Å²) >= 11 is 2.52. The molecule has 0 saturated carbocycles. The smallest absolute Gasteiger partial charge is 0.294 e. The number of nitro benzene ring substituents is 1. The Morgan fingerprint density at radius 2 is 1.94 bits per heavy atom. The number of rotatable bonds is 2. The summed E-state index contributed by atoms with van der Waals surface area (Å²) in [6, 6.07) is 1.43. The van der Waals surface area contributed by atoms with Gasteiger partial charge in [0.25, 0.3) is 5.69 Å². The fraction of sp³-hybridized carbons (Fsp3) is 0.222. The summed E-state index contributed by atoms with van der Waals surface area (Å²) in [6.45, 7) is 1.04. The molecule has 0 unspecified atom stereocenters. The van der Waals surface area contributed by atoms with E-state index in [2.05, 4.69) is 15.9 Å². The number of carbonyl (C=O) groups is 1. The Kier molecular flexibility index (Phi) is 3.56. The number of benzene rings is 1. The Balaban J connectivity index is 3.61. The Bertz CT molecular complexity index is 499. The molecule has 1 aromatic carbocycles. The van der Waals surface area contributed by atoms with Crippen molar-refractivity contribution in [2.45, 2.75) is 13.1 Å². The molecule has 8 heteroatoms. The standard InChI is InChI=1S/C9H5BrF3NO3/c1-4(15)5-2-3-6(9(11,12)13)7(10)8(5)14(16)17/h2-3H,1H3. The van der Waals surface area contributed by atoms with Crippen LogP contribution in [0, 0.1) is 10.1 Å². The number of ketones is 1. The van der Waals surface area contributed by atoms with Gasteiger partial charge in [-0.25, -0.2) is 0 Å². The molecule has 1 rings (SSSR count). The summed E-state index contributed by atoms with van der Waals surface area (Å²) in [5.74, 6) is -0.675. The lowest BCUT2D eigenvalue weighted by molar-refractivity contribution is -0.386. The molecule has 0 aromatic heterocycles. The number of alkyl halides is 3. The van der Waals surface area contributed by atoms with Crippen molar-refractivity contribution in [3.05, 3.63) is 37.8 Å². The maximum atomic E-state index is 12.5. The molecule has 0 radical (unpaired) electrons. The van der Waals surface area contributed by atoms with Crippen molar-refractivity contribution < 1.29 is 22.9 Å². The summed E-state index contributed by atoms with van der Waals surface area (Å²) in [5.41, 5.74) is -2.42. The van der Waals surface area contributed by atoms with Crippen molar-refractivity contribution in [1.82, 2.24) is 0 Å². The van der Waals surface area contributed by atoms with Gasteiger partial charge >= 0.3 is 6.18 Å². The zero-order valence-corrected chi connectivity index (χ0v) is 9.92. The predicted octanol–water partition coefficient (Wildman–Crippen LogP) is 3.58. The van der Waals surface area contributed by atoms with Gasteiger partial charge in [0.2, 0.25) is 0 Å². The minimum atomic E-state index is -4.72. The monoisotopic (exact) mass is 311 g/mol. The van der Waals surface area contributed by atoms with Crippen LogP contribution in [0.15, 0.2) is 16.6 Å². The summed E-state index contributed by atoms with van der Waals surface area (Å²) in [6.07, 6.45) is -4.72. The molecule has 4 nitrogen and oxygen atoms in total. The second-order valence-corrected chi connectivity index (χ2v) is 3.93. The van der Waals surface area contributed by atoms with Crippen LogP contribution >= 0.6 is 15.9 Å². The molecule has 0 N–H and O–H groups in total. The molecule has 0 saturated heterocycles. The molecule has 0 atom stereocenters. The lowest BCUT2D eigenvalue weighted by Crippen LogP contribution is -2.10. The number of nitro groups is 1. The van der Waals surface area contributed by atoms with Crippen LogP contribution in [0.1, 0.15) is 22.8 Å². The van der Waals surface area contributed by atoms with Crippen LogP contribution in [0.5, 0.6) is 0 Å². The van der Waals surface area contributed by atoms with E-state index in [-0.39, 0.29) is 5.56 Å². The molecule has 0 aliphatic rings. The van der Waals surface area contributed by atoms with E-state index in [1.165, 1.54) is 0 Å². The summed E-state index contributed by atoms with van der Waals surface area (Å²) < 4.78 is 36.7. The Hall–Kier alpha value is -1.44. The van der Waals surface area contributed by atoms with Crippen molar-refractivity contribution >= 4 is 27.4 Å². The highest BCUT2D eigenvalue weighted by molar-refractivity contribution is 9.10. The van der Waals surface area contributed by atoms with E-state index < -0.39 is 32.6 Å². The molecule has 1 aromatic rings. The van der Waals surface area contributed by atoms with Gasteiger partial charge in [-0.3, -0.25) is 14.9 Å². The van der Waals surface area contributed by atoms with Crippen LogP contribution in [-0.4, -0.2) is 10.7 Å². The molecular weight excluding hydrogens is 307 g/mol. The molecule has 0 aliphatic carbocycles. The third-order valence-corrected chi connectivity index (χ3v) is 2.79. The molecule has 0 spiro atoms. The predicted molar refractivity (Wildman–Crippen MR) is 55.8 cm³/mol. The zero-order valence-electron chi connectivity index (χ0n) is 8.34. The SMILES string of the molecule is CC(=O)c1ccc(C(F)(F)F)c(Br)c1[N+](=O)[O-]. The Labute approximate surface area is 102 Å². The van der Waals surface area contributed by atoms with Gasteiger partial charge < -0.3 is 0 Å². The van der Waals surface area contributed by atoms with E-state index in [0.29, 0.717) is 6.07 Å². The van der Waals surface area contributed by atoms with E-state index in [9.17, 15) is 28.1 Å². The van der Waals surface area contributed by atoms with Crippen molar-refractivity contribution in [3.8, 4) is 0 Å². The number of hydrogen-bond acceptors (Lipinski definition) is 3. The first kappa shape index (κ1) is 13.6. The first-order valence-electron chi connectivity index (χ1n) is 4.21. The number of halogens is 4. The van der Waals surface area contributed by atoms with E-state index in [0.717, 1.165) is 13.0 Å². The number of Topliss-reactive ketones (excluding diaryl/α,β-unsaturated/α-hetero) is 1. The normalized spacial score (nSPS) is 11.4. The molecule has 17 heavy (non-hydrogen) atoms. The molecule has 92 valence electrons. The van der Waals surface area contributed by atoms with Gasteiger partial charge in [0.15, 0.2) is 5.78 Å². The van der Waals surface area contributed by atoms with E-state index in [1.807, 2.05) is 0 Å². The lowest BCUT2D eigenvalue weighted by atomic mass is 10.1. The third kappa shape index (κ3) is 2.63. The van der Waals surface area contributed by atoms with E-state index in [4.69, 9.17) is 0 Å². The van der Waals surface area contributed by atoms with Crippen LogP contribution < -0.4 is 0 Å². The molecule has 0 bridgehead atoms. The van der Waals surface area contributed by atoms with Gasteiger partial charge in [-0.05, 0) is 35.0 Å². The van der Waals surface area contributed by atoms with Crippen LogP contribution in [0.25, 0.3) is 0 Å². The quantitative estimate of drug-likeness (QED) is 0.476. The lowest BCUT2D eigenvalue weighted by Gasteiger charge is -2.10. The van der Waals surface area contributed by atoms with Gasteiger partial charge in [-0.15, -0.1) is 0 Å².